The van der Waals surface area contributed by atoms with Crippen LogP contribution in [0.4, 0.5) is 5.82 Å². The van der Waals surface area contributed by atoms with Crippen LogP contribution in [0.25, 0.3) is 11.3 Å². The zero-order valence-electron chi connectivity index (χ0n) is 9.51. The van der Waals surface area contributed by atoms with Crippen LogP contribution >= 0.6 is 0 Å². The van der Waals surface area contributed by atoms with Gasteiger partial charge in [-0.1, -0.05) is 6.92 Å². The Kier molecular flexibility index (Phi) is 2.85. The maximum absolute atomic E-state index is 5.50. The standard InChI is InChI=1S/C11H15N5/c1-3-6-16-7-9(8(2)15-16)10-4-5-11(12)14-13-10/h4-5,7H,3,6H2,1-2H3,(H2,12,14). The third-order valence-corrected chi connectivity index (χ3v) is 2.36. The molecule has 0 aliphatic carbocycles. The molecule has 16 heavy (non-hydrogen) atoms. The minimum atomic E-state index is 0.433. The first-order chi connectivity index (χ1) is 7.70. The SMILES string of the molecule is CCCn1cc(-c2ccc(N)nn2)c(C)n1. The second-order valence-corrected chi connectivity index (χ2v) is 3.73. The van der Waals surface area contributed by atoms with E-state index < -0.39 is 0 Å². The van der Waals surface area contributed by atoms with Gasteiger partial charge in [-0.2, -0.15) is 5.10 Å². The molecule has 0 radical (unpaired) electrons. The molecule has 0 aliphatic heterocycles. The van der Waals surface area contributed by atoms with E-state index in [-0.39, 0.29) is 0 Å². The number of nitrogen functional groups attached to an aromatic ring is 1. The number of aryl methyl sites for hydroxylation is 2. The van der Waals surface area contributed by atoms with Gasteiger partial charge < -0.3 is 5.73 Å². The highest BCUT2D eigenvalue weighted by molar-refractivity contribution is 5.60. The van der Waals surface area contributed by atoms with Gasteiger partial charge in [0.2, 0.25) is 0 Å². The second-order valence-electron chi connectivity index (χ2n) is 3.73. The largest absolute Gasteiger partial charge is 0.382 e. The van der Waals surface area contributed by atoms with Crippen molar-refractivity contribution in [1.29, 1.82) is 0 Å². The molecule has 84 valence electrons. The Labute approximate surface area is 94.3 Å². The van der Waals surface area contributed by atoms with Crippen molar-refractivity contribution in [2.75, 3.05) is 5.73 Å². The number of rotatable bonds is 3. The van der Waals surface area contributed by atoms with Crippen LogP contribution in [0.1, 0.15) is 19.0 Å². The first kappa shape index (κ1) is 10.6. The predicted octanol–water partition coefficient (Wildman–Crippen LogP) is 1.64. The third kappa shape index (κ3) is 2.03. The van der Waals surface area contributed by atoms with Gasteiger partial charge >= 0.3 is 0 Å². The molecule has 0 bridgehead atoms. The van der Waals surface area contributed by atoms with Gasteiger partial charge in [-0.05, 0) is 25.5 Å². The number of hydrogen-bond acceptors (Lipinski definition) is 4. The summed E-state index contributed by atoms with van der Waals surface area (Å²) in [6.45, 7) is 5.02. The van der Waals surface area contributed by atoms with E-state index in [0.29, 0.717) is 5.82 Å². The summed E-state index contributed by atoms with van der Waals surface area (Å²) in [7, 11) is 0. The van der Waals surface area contributed by atoms with Gasteiger partial charge in [-0.25, -0.2) is 0 Å². The second kappa shape index (κ2) is 4.30. The molecule has 0 spiro atoms. The van der Waals surface area contributed by atoms with E-state index in [9.17, 15) is 0 Å². The van der Waals surface area contributed by atoms with Crippen LogP contribution in [0.15, 0.2) is 18.3 Å². The zero-order chi connectivity index (χ0) is 11.5. The molecule has 2 aromatic rings. The van der Waals surface area contributed by atoms with Crippen molar-refractivity contribution in [3.63, 3.8) is 0 Å². The zero-order valence-corrected chi connectivity index (χ0v) is 9.51. The molecular weight excluding hydrogens is 202 g/mol. The Balaban J connectivity index is 2.36. The minimum absolute atomic E-state index is 0.433. The Morgan fingerprint density at radius 1 is 1.31 bits per heavy atom. The average molecular weight is 217 g/mol. The van der Waals surface area contributed by atoms with Crippen LogP contribution in [0.3, 0.4) is 0 Å². The lowest BCUT2D eigenvalue weighted by molar-refractivity contribution is 0.598. The van der Waals surface area contributed by atoms with Crippen molar-refractivity contribution in [3.8, 4) is 11.3 Å². The summed E-state index contributed by atoms with van der Waals surface area (Å²) in [6.07, 6.45) is 3.06. The Bertz CT molecular complexity index is 472. The van der Waals surface area contributed by atoms with Crippen molar-refractivity contribution in [3.05, 3.63) is 24.0 Å². The lowest BCUT2D eigenvalue weighted by Crippen LogP contribution is -1.96. The maximum atomic E-state index is 5.50. The molecule has 2 heterocycles. The summed E-state index contributed by atoms with van der Waals surface area (Å²) in [5.74, 6) is 0.433. The average Bonchev–Trinajstić information content (AvgIpc) is 2.61. The van der Waals surface area contributed by atoms with E-state index in [4.69, 9.17) is 5.73 Å². The fourth-order valence-electron chi connectivity index (χ4n) is 1.60. The van der Waals surface area contributed by atoms with Crippen molar-refractivity contribution >= 4 is 5.82 Å². The topological polar surface area (TPSA) is 69.6 Å². The van der Waals surface area contributed by atoms with Crippen LogP contribution < -0.4 is 5.73 Å². The molecular formula is C11H15N5. The van der Waals surface area contributed by atoms with Gasteiger partial charge in [0.15, 0.2) is 0 Å². The van der Waals surface area contributed by atoms with Crippen molar-refractivity contribution in [2.24, 2.45) is 0 Å². The van der Waals surface area contributed by atoms with E-state index in [1.807, 2.05) is 23.9 Å². The van der Waals surface area contributed by atoms with Crippen LogP contribution in [0.5, 0.6) is 0 Å². The van der Waals surface area contributed by atoms with Crippen molar-refractivity contribution < 1.29 is 0 Å². The van der Waals surface area contributed by atoms with Gasteiger partial charge in [0.05, 0.1) is 11.4 Å². The first-order valence-corrected chi connectivity index (χ1v) is 5.34. The summed E-state index contributed by atoms with van der Waals surface area (Å²) in [5, 5.41) is 12.3. The van der Waals surface area contributed by atoms with Gasteiger partial charge in [0.25, 0.3) is 0 Å². The van der Waals surface area contributed by atoms with E-state index in [2.05, 4.69) is 22.2 Å². The van der Waals surface area contributed by atoms with E-state index >= 15 is 0 Å². The molecule has 0 unspecified atom stereocenters. The van der Waals surface area contributed by atoms with Gasteiger partial charge in [0.1, 0.15) is 5.82 Å². The highest BCUT2D eigenvalue weighted by Crippen LogP contribution is 2.19. The van der Waals surface area contributed by atoms with Crippen LogP contribution in [-0.2, 0) is 6.54 Å². The quantitative estimate of drug-likeness (QED) is 0.848. The molecule has 2 N–H and O–H groups in total. The summed E-state index contributed by atoms with van der Waals surface area (Å²) < 4.78 is 1.93. The molecule has 0 fully saturated rings. The summed E-state index contributed by atoms with van der Waals surface area (Å²) in [5.41, 5.74) is 8.30. The van der Waals surface area contributed by atoms with Crippen LogP contribution in [0.2, 0.25) is 0 Å². The molecule has 0 saturated carbocycles. The summed E-state index contributed by atoms with van der Waals surface area (Å²) in [4.78, 5) is 0. The molecule has 0 saturated heterocycles. The predicted molar refractivity (Wildman–Crippen MR) is 62.7 cm³/mol. The first-order valence-electron chi connectivity index (χ1n) is 5.34. The molecule has 0 amide bonds. The normalized spacial score (nSPS) is 10.6. The van der Waals surface area contributed by atoms with Gasteiger partial charge in [-0.3, -0.25) is 4.68 Å². The van der Waals surface area contributed by atoms with E-state index in [0.717, 1.165) is 29.9 Å². The van der Waals surface area contributed by atoms with E-state index in [1.54, 1.807) is 6.07 Å². The van der Waals surface area contributed by atoms with Crippen molar-refractivity contribution in [1.82, 2.24) is 20.0 Å². The van der Waals surface area contributed by atoms with Gasteiger partial charge in [-0.15, -0.1) is 10.2 Å². The molecule has 5 nitrogen and oxygen atoms in total. The highest BCUT2D eigenvalue weighted by atomic mass is 15.3. The third-order valence-electron chi connectivity index (χ3n) is 2.36. The van der Waals surface area contributed by atoms with Gasteiger partial charge in [0, 0.05) is 18.3 Å². The smallest absolute Gasteiger partial charge is 0.146 e. The number of aromatic nitrogens is 4. The van der Waals surface area contributed by atoms with E-state index in [1.165, 1.54) is 0 Å². The Morgan fingerprint density at radius 3 is 2.75 bits per heavy atom. The molecule has 2 rings (SSSR count). The fraction of sp³-hybridized carbons (Fsp3) is 0.364. The minimum Gasteiger partial charge on any atom is -0.382 e. The Hall–Kier alpha value is -1.91. The summed E-state index contributed by atoms with van der Waals surface area (Å²) in [6, 6.07) is 3.61. The highest BCUT2D eigenvalue weighted by Gasteiger charge is 2.08. The summed E-state index contributed by atoms with van der Waals surface area (Å²) >= 11 is 0. The molecule has 2 aromatic heterocycles. The van der Waals surface area contributed by atoms with Crippen LogP contribution in [0, 0.1) is 6.92 Å². The molecule has 0 aliphatic rings. The van der Waals surface area contributed by atoms with Crippen LogP contribution in [-0.4, -0.2) is 20.0 Å². The number of nitrogens with two attached hydrogens (primary N) is 1. The lowest BCUT2D eigenvalue weighted by atomic mass is 10.2. The number of nitrogens with zero attached hydrogens (tertiary/aromatic N) is 4. The van der Waals surface area contributed by atoms with Crippen molar-refractivity contribution in [2.45, 2.75) is 26.8 Å². The maximum Gasteiger partial charge on any atom is 0.146 e. The number of anilines is 1. The monoisotopic (exact) mass is 217 g/mol. The Morgan fingerprint density at radius 2 is 2.12 bits per heavy atom. The molecule has 0 atom stereocenters. The number of hydrogen-bond donors (Lipinski definition) is 1. The fourth-order valence-corrected chi connectivity index (χ4v) is 1.60. The molecule has 0 aromatic carbocycles. The molecule has 5 heteroatoms. The lowest BCUT2D eigenvalue weighted by Gasteiger charge is -1.97.